The monoisotopic (exact) mass is 621 g/mol. The second kappa shape index (κ2) is 14.3. The summed E-state index contributed by atoms with van der Waals surface area (Å²) < 4.78 is 44.3. The van der Waals surface area contributed by atoms with E-state index in [9.17, 15) is 23.1 Å². The molecule has 1 aliphatic heterocycles. The maximum absolute atomic E-state index is 15.3. The van der Waals surface area contributed by atoms with E-state index < -0.39 is 51.8 Å². The highest BCUT2D eigenvalue weighted by molar-refractivity contribution is 7.90. The molecule has 0 spiro atoms. The summed E-state index contributed by atoms with van der Waals surface area (Å²) in [5.41, 5.74) is 0.117. The molecule has 11 nitrogen and oxygen atoms in total. The van der Waals surface area contributed by atoms with Gasteiger partial charge < -0.3 is 25.8 Å². The molecule has 0 saturated carbocycles. The molecule has 2 unspecified atom stereocenters. The molecule has 0 aliphatic carbocycles. The minimum absolute atomic E-state index is 0.0175. The molecule has 1 saturated heterocycles. The first kappa shape index (κ1) is 34.0. The summed E-state index contributed by atoms with van der Waals surface area (Å²) in [6.45, 7) is 9.10. The van der Waals surface area contributed by atoms with Crippen molar-refractivity contribution in [3.63, 3.8) is 0 Å². The van der Waals surface area contributed by atoms with Gasteiger partial charge in [0.25, 0.3) is 5.91 Å². The van der Waals surface area contributed by atoms with Crippen molar-refractivity contribution < 1.29 is 32.2 Å². The van der Waals surface area contributed by atoms with E-state index in [4.69, 9.17) is 4.74 Å². The molecule has 1 aromatic heterocycles. The Labute approximate surface area is 253 Å². The Hall–Kier alpha value is -3.45. The van der Waals surface area contributed by atoms with Crippen molar-refractivity contribution in [2.24, 2.45) is 0 Å². The summed E-state index contributed by atoms with van der Waals surface area (Å²) in [5, 5.41) is 20.4. The Bertz CT molecular complexity index is 1350. The van der Waals surface area contributed by atoms with Crippen molar-refractivity contribution in [3.8, 4) is 0 Å². The molecule has 43 heavy (non-hydrogen) atoms. The number of benzene rings is 1. The normalized spacial score (nSPS) is 19.3. The molecule has 4 N–H and O–H groups in total. The van der Waals surface area contributed by atoms with E-state index in [1.165, 1.54) is 17.0 Å². The second-order valence-electron chi connectivity index (χ2n) is 12.1. The summed E-state index contributed by atoms with van der Waals surface area (Å²) in [6.07, 6.45) is -1.72. The number of carbonyl (C=O) groups is 2. The summed E-state index contributed by atoms with van der Waals surface area (Å²) >= 11 is 0. The molecule has 2 heterocycles. The number of aromatic nitrogens is 1. The van der Waals surface area contributed by atoms with E-state index in [-0.39, 0.29) is 42.7 Å². The SMILES string of the molecule is CCC(C)Nc1cc(C(=O)NC(Cc2ccccc2)[C@H](O)[C@H]2[C@@H](F)CCN2C(=O)OC(C)(C)C)cc(NCS(C)(=O)=O)n1. The topological polar surface area (TPSA) is 150 Å². The number of amides is 2. The zero-order valence-electron chi connectivity index (χ0n) is 25.6. The quantitative estimate of drug-likeness (QED) is 0.278. The zero-order valence-corrected chi connectivity index (χ0v) is 26.4. The van der Waals surface area contributed by atoms with Gasteiger partial charge in [-0.2, -0.15) is 0 Å². The number of nitrogens with zero attached hydrogens (tertiary/aromatic N) is 2. The fourth-order valence-corrected chi connectivity index (χ4v) is 5.12. The molecule has 1 aromatic carbocycles. The number of aliphatic hydroxyl groups is 1. The fraction of sp³-hybridized carbons (Fsp3) is 0.567. The lowest BCUT2D eigenvalue weighted by Gasteiger charge is -2.35. The number of alkyl halides is 1. The number of anilines is 2. The smallest absolute Gasteiger partial charge is 0.410 e. The molecule has 2 aromatic rings. The minimum Gasteiger partial charge on any atom is -0.444 e. The van der Waals surface area contributed by atoms with Crippen LogP contribution in [0.15, 0.2) is 42.5 Å². The van der Waals surface area contributed by atoms with Crippen molar-refractivity contribution in [2.45, 2.75) is 89.9 Å². The van der Waals surface area contributed by atoms with Crippen LogP contribution in [-0.4, -0.2) is 90.1 Å². The van der Waals surface area contributed by atoms with Crippen LogP contribution in [0.4, 0.5) is 20.8 Å². The van der Waals surface area contributed by atoms with Crippen molar-refractivity contribution in [1.82, 2.24) is 15.2 Å². The Morgan fingerprint density at radius 1 is 1.19 bits per heavy atom. The Morgan fingerprint density at radius 3 is 2.44 bits per heavy atom. The molecule has 238 valence electrons. The third-order valence-electron chi connectivity index (χ3n) is 6.99. The molecule has 2 amide bonds. The van der Waals surface area contributed by atoms with Crippen LogP contribution in [0.3, 0.4) is 0 Å². The Kier molecular flexibility index (Phi) is 11.4. The average Bonchev–Trinajstić information content (AvgIpc) is 3.31. The molecule has 3 rings (SSSR count). The lowest BCUT2D eigenvalue weighted by molar-refractivity contribution is -0.0123. The van der Waals surface area contributed by atoms with Crippen molar-refractivity contribution in [1.29, 1.82) is 0 Å². The average molecular weight is 622 g/mol. The zero-order chi connectivity index (χ0) is 31.9. The van der Waals surface area contributed by atoms with Crippen molar-refractivity contribution >= 4 is 33.5 Å². The van der Waals surface area contributed by atoms with Crippen LogP contribution in [0.2, 0.25) is 0 Å². The molecule has 13 heteroatoms. The lowest BCUT2D eigenvalue weighted by atomic mass is 9.94. The van der Waals surface area contributed by atoms with Gasteiger partial charge in [-0.1, -0.05) is 37.3 Å². The lowest BCUT2D eigenvalue weighted by Crippen LogP contribution is -2.57. The van der Waals surface area contributed by atoms with Crippen LogP contribution < -0.4 is 16.0 Å². The highest BCUT2D eigenvalue weighted by Crippen LogP contribution is 2.28. The largest absolute Gasteiger partial charge is 0.444 e. The first-order valence-electron chi connectivity index (χ1n) is 14.4. The number of sulfone groups is 1. The molecule has 0 radical (unpaired) electrons. The summed E-state index contributed by atoms with van der Waals surface area (Å²) in [6, 6.07) is 9.84. The van der Waals surface area contributed by atoms with Gasteiger partial charge in [0.15, 0.2) is 9.84 Å². The van der Waals surface area contributed by atoms with Gasteiger partial charge in [0.2, 0.25) is 0 Å². The third-order valence-corrected chi connectivity index (χ3v) is 7.66. The number of ether oxygens (including phenoxy) is 1. The van der Waals surface area contributed by atoms with E-state index in [1.54, 1.807) is 20.8 Å². The minimum atomic E-state index is -3.38. The molecule has 1 fully saturated rings. The summed E-state index contributed by atoms with van der Waals surface area (Å²) in [5.74, 6) is -0.452. The maximum Gasteiger partial charge on any atom is 0.410 e. The van der Waals surface area contributed by atoms with Gasteiger partial charge in [-0.3, -0.25) is 9.69 Å². The number of nitrogens with one attached hydrogen (secondary N) is 3. The highest BCUT2D eigenvalue weighted by atomic mass is 32.2. The van der Waals surface area contributed by atoms with Crippen LogP contribution >= 0.6 is 0 Å². The highest BCUT2D eigenvalue weighted by Gasteiger charge is 2.46. The maximum atomic E-state index is 15.3. The number of hydrogen-bond donors (Lipinski definition) is 4. The van der Waals surface area contributed by atoms with Crippen molar-refractivity contribution in [2.75, 3.05) is 29.3 Å². The van der Waals surface area contributed by atoms with E-state index in [0.29, 0.717) is 5.82 Å². The van der Waals surface area contributed by atoms with Gasteiger partial charge in [-0.15, -0.1) is 0 Å². The molecule has 0 bridgehead atoms. The molecular formula is C30H44FN5O6S. The number of likely N-dealkylation sites (tertiary alicyclic amines) is 1. The molecule has 1 aliphatic rings. The van der Waals surface area contributed by atoms with E-state index in [2.05, 4.69) is 20.9 Å². The van der Waals surface area contributed by atoms with Gasteiger partial charge in [0.1, 0.15) is 29.3 Å². The van der Waals surface area contributed by atoms with E-state index in [0.717, 1.165) is 18.2 Å². The third kappa shape index (κ3) is 10.3. The van der Waals surface area contributed by atoms with Crippen LogP contribution in [-0.2, 0) is 21.0 Å². The first-order chi connectivity index (χ1) is 20.1. The molecule has 5 atom stereocenters. The van der Waals surface area contributed by atoms with Gasteiger partial charge in [-0.25, -0.2) is 22.6 Å². The van der Waals surface area contributed by atoms with Gasteiger partial charge in [-0.05, 0) is 64.7 Å². The van der Waals surface area contributed by atoms with Crippen LogP contribution in [0.5, 0.6) is 0 Å². The second-order valence-corrected chi connectivity index (χ2v) is 14.2. The number of aliphatic hydroxyl groups excluding tert-OH is 1. The number of carbonyl (C=O) groups excluding carboxylic acids is 2. The van der Waals surface area contributed by atoms with Crippen LogP contribution in [0.25, 0.3) is 0 Å². The van der Waals surface area contributed by atoms with Crippen LogP contribution in [0, 0.1) is 0 Å². The number of rotatable bonds is 12. The Balaban J connectivity index is 1.94. The van der Waals surface area contributed by atoms with Crippen LogP contribution in [0.1, 0.15) is 63.4 Å². The summed E-state index contributed by atoms with van der Waals surface area (Å²) in [4.78, 5) is 32.2. The number of hydrogen-bond acceptors (Lipinski definition) is 9. The predicted molar refractivity (Wildman–Crippen MR) is 165 cm³/mol. The predicted octanol–water partition coefficient (Wildman–Crippen LogP) is 3.76. The van der Waals surface area contributed by atoms with E-state index in [1.807, 2.05) is 44.2 Å². The molecular weight excluding hydrogens is 577 g/mol. The Morgan fingerprint density at radius 2 is 1.84 bits per heavy atom. The van der Waals surface area contributed by atoms with Gasteiger partial charge in [0, 0.05) is 24.4 Å². The standard InChI is InChI=1S/C30H44FN5O6S/c1-7-19(2)33-25-17-21(16-24(35-25)32-18-43(6,40)41)28(38)34-23(15-20-11-9-8-10-12-20)27(37)26-22(31)13-14-36(26)29(39)42-30(3,4)5/h8-12,16-17,19,22-23,26-27,37H,7,13-15,18H2,1-6H3,(H,34,38)(H2,32,33,35)/t19?,22-,23?,26+,27-/m0/s1. The van der Waals surface area contributed by atoms with E-state index >= 15 is 4.39 Å². The number of halogens is 1. The first-order valence-corrected chi connectivity index (χ1v) is 16.5. The van der Waals surface area contributed by atoms with Gasteiger partial charge >= 0.3 is 6.09 Å². The van der Waals surface area contributed by atoms with Gasteiger partial charge in [0.05, 0.1) is 18.2 Å². The van der Waals surface area contributed by atoms with Crippen molar-refractivity contribution in [3.05, 3.63) is 53.6 Å². The summed E-state index contributed by atoms with van der Waals surface area (Å²) in [7, 11) is -3.38. The fourth-order valence-electron chi connectivity index (χ4n) is 4.71. The number of pyridine rings is 1.